The van der Waals surface area contributed by atoms with Gasteiger partial charge in [-0.25, -0.2) is 9.78 Å². The van der Waals surface area contributed by atoms with E-state index in [0.717, 1.165) is 25.0 Å². The van der Waals surface area contributed by atoms with Crippen LogP contribution in [0.2, 0.25) is 0 Å². The summed E-state index contributed by atoms with van der Waals surface area (Å²) < 4.78 is 7.60. The molecule has 0 radical (unpaired) electrons. The summed E-state index contributed by atoms with van der Waals surface area (Å²) >= 11 is 0. The Morgan fingerprint density at radius 1 is 1.21 bits per heavy atom. The van der Waals surface area contributed by atoms with Crippen molar-refractivity contribution in [3.05, 3.63) is 36.3 Å². The molecule has 1 spiro atoms. The van der Waals surface area contributed by atoms with Crippen LogP contribution < -0.4 is 0 Å². The predicted molar refractivity (Wildman–Crippen MR) is 105 cm³/mol. The largest absolute Gasteiger partial charge is 0.441 e. The number of pyridine rings is 1. The third-order valence-corrected chi connectivity index (χ3v) is 5.92. The summed E-state index contributed by atoms with van der Waals surface area (Å²) in [7, 11) is 0. The number of rotatable bonds is 6. The smallest absolute Gasteiger partial charge is 0.410 e. The Morgan fingerprint density at radius 3 is 2.82 bits per heavy atom. The van der Waals surface area contributed by atoms with Crippen molar-refractivity contribution < 1.29 is 14.3 Å². The van der Waals surface area contributed by atoms with E-state index in [1.54, 1.807) is 6.20 Å². The number of aromatic nitrogens is 2. The number of fused-ring (bicyclic) bond motifs is 1. The van der Waals surface area contributed by atoms with E-state index in [1.165, 1.54) is 12.8 Å². The molecule has 2 aromatic heterocycles. The fourth-order valence-electron chi connectivity index (χ4n) is 4.22. The van der Waals surface area contributed by atoms with E-state index in [2.05, 4.69) is 11.9 Å². The van der Waals surface area contributed by atoms with Gasteiger partial charge in [0.15, 0.2) is 0 Å². The number of imidazole rings is 1. The standard InChI is InChI=1S/C21H28N4O3/c1-2-3-4-6-11-24-16-21(28-20(24)27)9-13-23(14-10-21)19(26)17-15-22-18-8-5-7-12-25(17)18/h5,7-8,12,15H,2-4,6,9-11,13-14,16H2,1H3. The minimum Gasteiger partial charge on any atom is -0.441 e. The fourth-order valence-corrected chi connectivity index (χ4v) is 4.22. The molecule has 2 fully saturated rings. The number of carbonyl (C=O) groups excluding carboxylic acids is 2. The van der Waals surface area contributed by atoms with Crippen LogP contribution in [-0.2, 0) is 4.74 Å². The van der Waals surface area contributed by atoms with Crippen LogP contribution in [0.1, 0.15) is 55.9 Å². The van der Waals surface area contributed by atoms with Gasteiger partial charge in [0.2, 0.25) is 0 Å². The van der Waals surface area contributed by atoms with Crippen LogP contribution in [0.3, 0.4) is 0 Å². The molecule has 0 unspecified atom stereocenters. The highest BCUT2D eigenvalue weighted by molar-refractivity contribution is 5.93. The number of likely N-dealkylation sites (tertiary alicyclic amines) is 1. The zero-order valence-corrected chi connectivity index (χ0v) is 16.5. The fraction of sp³-hybridized carbons (Fsp3) is 0.571. The Balaban J connectivity index is 1.35. The van der Waals surface area contributed by atoms with Crippen LogP contribution in [0.5, 0.6) is 0 Å². The molecule has 2 amide bonds. The Labute approximate surface area is 165 Å². The zero-order chi connectivity index (χ0) is 19.6. The van der Waals surface area contributed by atoms with E-state index < -0.39 is 5.60 Å². The van der Waals surface area contributed by atoms with E-state index in [4.69, 9.17) is 4.74 Å². The zero-order valence-electron chi connectivity index (χ0n) is 16.5. The minimum absolute atomic E-state index is 0.0192. The van der Waals surface area contributed by atoms with E-state index in [-0.39, 0.29) is 12.0 Å². The van der Waals surface area contributed by atoms with Crippen molar-refractivity contribution in [2.75, 3.05) is 26.2 Å². The maximum absolute atomic E-state index is 13.0. The van der Waals surface area contributed by atoms with Gasteiger partial charge in [-0.3, -0.25) is 9.20 Å². The second-order valence-corrected chi connectivity index (χ2v) is 7.90. The number of nitrogens with zero attached hydrogens (tertiary/aromatic N) is 4. The number of hydrogen-bond acceptors (Lipinski definition) is 4. The number of piperidine rings is 1. The number of ether oxygens (including phenoxy) is 1. The first-order valence-electron chi connectivity index (χ1n) is 10.3. The van der Waals surface area contributed by atoms with Gasteiger partial charge in [-0.05, 0) is 18.6 Å². The molecular formula is C21H28N4O3. The molecule has 7 nitrogen and oxygen atoms in total. The molecule has 4 rings (SSSR count). The molecule has 0 bridgehead atoms. The first kappa shape index (κ1) is 18.8. The second-order valence-electron chi connectivity index (χ2n) is 7.90. The molecule has 7 heteroatoms. The summed E-state index contributed by atoms with van der Waals surface area (Å²) in [5, 5.41) is 0. The van der Waals surface area contributed by atoms with E-state index in [9.17, 15) is 9.59 Å². The van der Waals surface area contributed by atoms with Crippen LogP contribution in [0.4, 0.5) is 4.79 Å². The third kappa shape index (κ3) is 3.57. The van der Waals surface area contributed by atoms with Crippen molar-refractivity contribution in [3.8, 4) is 0 Å². The third-order valence-electron chi connectivity index (χ3n) is 5.92. The molecule has 28 heavy (non-hydrogen) atoms. The maximum atomic E-state index is 13.0. The molecule has 0 atom stereocenters. The van der Waals surface area contributed by atoms with Crippen LogP contribution in [-0.4, -0.2) is 63.0 Å². The van der Waals surface area contributed by atoms with E-state index >= 15 is 0 Å². The lowest BCUT2D eigenvalue weighted by atomic mass is 9.91. The first-order chi connectivity index (χ1) is 13.6. The predicted octanol–water partition coefficient (Wildman–Crippen LogP) is 3.34. The summed E-state index contributed by atoms with van der Waals surface area (Å²) in [6, 6.07) is 5.68. The number of unbranched alkanes of at least 4 members (excludes halogenated alkanes) is 3. The van der Waals surface area contributed by atoms with Crippen LogP contribution in [0.15, 0.2) is 30.6 Å². The molecular weight excluding hydrogens is 356 g/mol. The van der Waals surface area contributed by atoms with Crippen molar-refractivity contribution in [3.63, 3.8) is 0 Å². The summed E-state index contributed by atoms with van der Waals surface area (Å²) in [5.74, 6) is -0.0192. The van der Waals surface area contributed by atoms with Gasteiger partial charge in [0.1, 0.15) is 16.9 Å². The normalized spacial score (nSPS) is 18.8. The van der Waals surface area contributed by atoms with Crippen LogP contribution >= 0.6 is 0 Å². The van der Waals surface area contributed by atoms with Gasteiger partial charge in [-0.2, -0.15) is 0 Å². The molecule has 2 aliphatic rings. The molecule has 150 valence electrons. The number of carbonyl (C=O) groups is 2. The molecule has 0 aromatic carbocycles. The number of hydrogen-bond donors (Lipinski definition) is 0. The van der Waals surface area contributed by atoms with E-state index in [1.807, 2.05) is 38.6 Å². The van der Waals surface area contributed by atoms with Crippen molar-refractivity contribution >= 4 is 17.6 Å². The van der Waals surface area contributed by atoms with Gasteiger partial charge < -0.3 is 14.5 Å². The first-order valence-corrected chi connectivity index (χ1v) is 10.3. The topological polar surface area (TPSA) is 67.2 Å². The summed E-state index contributed by atoms with van der Waals surface area (Å²) in [6.07, 6.45) is 9.23. The molecule has 2 saturated heterocycles. The maximum Gasteiger partial charge on any atom is 0.410 e. The second kappa shape index (κ2) is 7.81. The van der Waals surface area contributed by atoms with Gasteiger partial charge in [0.05, 0.1) is 12.7 Å². The SMILES string of the molecule is CCCCCCN1CC2(CCN(C(=O)c3cnc4ccccn34)CC2)OC1=O. The average molecular weight is 384 g/mol. The quantitative estimate of drug-likeness (QED) is 0.717. The molecule has 2 aromatic rings. The van der Waals surface area contributed by atoms with Crippen LogP contribution in [0, 0.1) is 0 Å². The van der Waals surface area contributed by atoms with Gasteiger partial charge in [-0.15, -0.1) is 0 Å². The summed E-state index contributed by atoms with van der Waals surface area (Å²) in [4.78, 5) is 33.2. The molecule has 4 heterocycles. The van der Waals surface area contributed by atoms with Crippen molar-refractivity contribution in [2.24, 2.45) is 0 Å². The summed E-state index contributed by atoms with van der Waals surface area (Å²) in [6.45, 7) is 4.79. The average Bonchev–Trinajstić information content (AvgIpc) is 3.27. The van der Waals surface area contributed by atoms with Gasteiger partial charge in [0.25, 0.3) is 5.91 Å². The highest BCUT2D eigenvalue weighted by Crippen LogP contribution is 2.34. The Morgan fingerprint density at radius 2 is 2.04 bits per heavy atom. The van der Waals surface area contributed by atoms with Crippen molar-refractivity contribution in [2.45, 2.75) is 51.0 Å². The van der Waals surface area contributed by atoms with Gasteiger partial charge in [0, 0.05) is 38.7 Å². The highest BCUT2D eigenvalue weighted by atomic mass is 16.6. The van der Waals surface area contributed by atoms with Crippen LogP contribution in [0.25, 0.3) is 5.65 Å². The van der Waals surface area contributed by atoms with Gasteiger partial charge in [-0.1, -0.05) is 32.3 Å². The minimum atomic E-state index is -0.432. The van der Waals surface area contributed by atoms with Crippen molar-refractivity contribution in [1.29, 1.82) is 0 Å². The molecule has 0 aliphatic carbocycles. The lowest BCUT2D eigenvalue weighted by molar-refractivity contribution is 0.00294. The monoisotopic (exact) mass is 384 g/mol. The lowest BCUT2D eigenvalue weighted by Gasteiger charge is -2.37. The lowest BCUT2D eigenvalue weighted by Crippen LogP contribution is -2.49. The Kier molecular flexibility index (Phi) is 5.24. The van der Waals surface area contributed by atoms with Crippen molar-refractivity contribution in [1.82, 2.24) is 19.2 Å². The summed E-state index contributed by atoms with van der Waals surface area (Å²) in [5.41, 5.74) is 0.910. The van der Waals surface area contributed by atoms with E-state index in [0.29, 0.717) is 38.2 Å². The Bertz CT molecular complexity index is 854. The molecule has 0 saturated carbocycles. The molecule has 0 N–H and O–H groups in total. The van der Waals surface area contributed by atoms with Gasteiger partial charge >= 0.3 is 6.09 Å². The Hall–Kier alpha value is -2.57. The highest BCUT2D eigenvalue weighted by Gasteiger charge is 2.47. The molecule has 2 aliphatic heterocycles. The number of amides is 2.